The SMILES string of the molecule is CCc1[nH]c(C(=O)O)c2c1CCCC2. The number of aromatic amines is 1. The van der Waals surface area contributed by atoms with E-state index in [1.54, 1.807) is 0 Å². The second kappa shape index (κ2) is 3.48. The van der Waals surface area contributed by atoms with Crippen LogP contribution in [-0.4, -0.2) is 16.1 Å². The minimum absolute atomic E-state index is 0.427. The Morgan fingerprint density at radius 1 is 1.36 bits per heavy atom. The Labute approximate surface area is 83.1 Å². The van der Waals surface area contributed by atoms with Crippen LogP contribution in [0.15, 0.2) is 0 Å². The van der Waals surface area contributed by atoms with Gasteiger partial charge in [0, 0.05) is 5.69 Å². The molecule has 1 aliphatic rings. The van der Waals surface area contributed by atoms with Gasteiger partial charge in [-0.15, -0.1) is 0 Å². The molecule has 0 fully saturated rings. The molecule has 3 heteroatoms. The van der Waals surface area contributed by atoms with Crippen molar-refractivity contribution in [1.29, 1.82) is 0 Å². The van der Waals surface area contributed by atoms with Crippen molar-refractivity contribution in [3.05, 3.63) is 22.5 Å². The topological polar surface area (TPSA) is 53.1 Å². The maximum Gasteiger partial charge on any atom is 0.352 e. The van der Waals surface area contributed by atoms with Crippen LogP contribution in [0.3, 0.4) is 0 Å². The average Bonchev–Trinajstić information content (AvgIpc) is 2.56. The first kappa shape index (κ1) is 9.31. The lowest BCUT2D eigenvalue weighted by molar-refractivity contribution is 0.0689. The first-order chi connectivity index (χ1) is 6.74. The van der Waals surface area contributed by atoms with E-state index in [0.717, 1.165) is 36.9 Å². The smallest absolute Gasteiger partial charge is 0.352 e. The molecule has 0 amide bonds. The number of carboxylic acid groups (broad SMARTS) is 1. The third-order valence-electron chi connectivity index (χ3n) is 2.98. The van der Waals surface area contributed by atoms with Crippen LogP contribution >= 0.6 is 0 Å². The molecule has 0 radical (unpaired) electrons. The standard InChI is InChI=1S/C11H15NO2/c1-2-9-7-5-3-4-6-8(7)10(12-9)11(13)14/h12H,2-6H2,1H3,(H,13,14). The van der Waals surface area contributed by atoms with E-state index < -0.39 is 5.97 Å². The van der Waals surface area contributed by atoms with Crippen LogP contribution < -0.4 is 0 Å². The third-order valence-corrected chi connectivity index (χ3v) is 2.98. The van der Waals surface area contributed by atoms with Gasteiger partial charge in [-0.3, -0.25) is 0 Å². The highest BCUT2D eigenvalue weighted by atomic mass is 16.4. The number of aromatic nitrogens is 1. The molecule has 14 heavy (non-hydrogen) atoms. The first-order valence-electron chi connectivity index (χ1n) is 5.20. The Morgan fingerprint density at radius 3 is 2.57 bits per heavy atom. The lowest BCUT2D eigenvalue weighted by atomic mass is 9.91. The summed E-state index contributed by atoms with van der Waals surface area (Å²) >= 11 is 0. The molecule has 3 nitrogen and oxygen atoms in total. The van der Waals surface area contributed by atoms with E-state index in [9.17, 15) is 4.79 Å². The van der Waals surface area contributed by atoms with E-state index in [4.69, 9.17) is 5.11 Å². The molecule has 1 heterocycles. The largest absolute Gasteiger partial charge is 0.477 e. The quantitative estimate of drug-likeness (QED) is 0.756. The fraction of sp³-hybridized carbons (Fsp3) is 0.545. The Kier molecular flexibility index (Phi) is 2.32. The molecular weight excluding hydrogens is 178 g/mol. The number of rotatable bonds is 2. The maximum atomic E-state index is 11.0. The number of hydrogen-bond donors (Lipinski definition) is 2. The van der Waals surface area contributed by atoms with Gasteiger partial charge in [0.25, 0.3) is 0 Å². The minimum Gasteiger partial charge on any atom is -0.477 e. The van der Waals surface area contributed by atoms with Gasteiger partial charge in [-0.1, -0.05) is 6.92 Å². The molecule has 0 saturated carbocycles. The monoisotopic (exact) mass is 193 g/mol. The van der Waals surface area contributed by atoms with E-state index >= 15 is 0 Å². The summed E-state index contributed by atoms with van der Waals surface area (Å²) < 4.78 is 0. The van der Waals surface area contributed by atoms with Crippen molar-refractivity contribution in [3.8, 4) is 0 Å². The summed E-state index contributed by atoms with van der Waals surface area (Å²) in [5.41, 5.74) is 3.88. The number of fused-ring (bicyclic) bond motifs is 1. The van der Waals surface area contributed by atoms with E-state index in [2.05, 4.69) is 11.9 Å². The normalized spacial score (nSPS) is 15.2. The van der Waals surface area contributed by atoms with Crippen LogP contribution in [0.1, 0.15) is 47.1 Å². The van der Waals surface area contributed by atoms with Gasteiger partial charge < -0.3 is 10.1 Å². The van der Waals surface area contributed by atoms with Gasteiger partial charge in [0.2, 0.25) is 0 Å². The molecule has 1 aliphatic carbocycles. The van der Waals surface area contributed by atoms with Crippen molar-refractivity contribution in [2.75, 3.05) is 0 Å². The Bertz CT molecular complexity index is 366. The number of hydrogen-bond acceptors (Lipinski definition) is 1. The zero-order valence-electron chi connectivity index (χ0n) is 8.39. The summed E-state index contributed by atoms with van der Waals surface area (Å²) in [6, 6.07) is 0. The van der Waals surface area contributed by atoms with Crippen LogP contribution in [0, 0.1) is 0 Å². The highest BCUT2D eigenvalue weighted by molar-refractivity contribution is 5.88. The third kappa shape index (κ3) is 1.33. The lowest BCUT2D eigenvalue weighted by Gasteiger charge is -2.12. The Balaban J connectivity index is 2.52. The van der Waals surface area contributed by atoms with E-state index in [1.165, 1.54) is 12.0 Å². The Morgan fingerprint density at radius 2 is 2.00 bits per heavy atom. The second-order valence-corrected chi connectivity index (χ2v) is 3.80. The van der Waals surface area contributed by atoms with Gasteiger partial charge in [0.1, 0.15) is 5.69 Å². The molecule has 0 unspecified atom stereocenters. The fourth-order valence-corrected chi connectivity index (χ4v) is 2.30. The van der Waals surface area contributed by atoms with Crippen molar-refractivity contribution >= 4 is 5.97 Å². The van der Waals surface area contributed by atoms with E-state index in [1.807, 2.05) is 0 Å². The van der Waals surface area contributed by atoms with Crippen molar-refractivity contribution in [2.24, 2.45) is 0 Å². The summed E-state index contributed by atoms with van der Waals surface area (Å²) in [4.78, 5) is 14.0. The van der Waals surface area contributed by atoms with E-state index in [-0.39, 0.29) is 0 Å². The molecule has 0 aliphatic heterocycles. The van der Waals surface area contributed by atoms with Crippen LogP contribution in [0.2, 0.25) is 0 Å². The molecule has 0 saturated heterocycles. The van der Waals surface area contributed by atoms with Gasteiger partial charge in [-0.25, -0.2) is 4.79 Å². The van der Waals surface area contributed by atoms with Gasteiger partial charge in [0.05, 0.1) is 0 Å². The van der Waals surface area contributed by atoms with Crippen molar-refractivity contribution in [3.63, 3.8) is 0 Å². The first-order valence-corrected chi connectivity index (χ1v) is 5.20. The highest BCUT2D eigenvalue weighted by Gasteiger charge is 2.22. The fourth-order valence-electron chi connectivity index (χ4n) is 2.30. The molecule has 0 atom stereocenters. The molecule has 0 bridgehead atoms. The van der Waals surface area contributed by atoms with Gasteiger partial charge in [-0.2, -0.15) is 0 Å². The average molecular weight is 193 g/mol. The Hall–Kier alpha value is -1.25. The van der Waals surface area contributed by atoms with Crippen molar-refractivity contribution in [1.82, 2.24) is 4.98 Å². The van der Waals surface area contributed by atoms with Gasteiger partial charge >= 0.3 is 5.97 Å². The van der Waals surface area contributed by atoms with E-state index in [0.29, 0.717) is 5.69 Å². The predicted molar refractivity (Wildman–Crippen MR) is 53.8 cm³/mol. The number of H-pyrrole nitrogens is 1. The number of nitrogens with one attached hydrogen (secondary N) is 1. The zero-order valence-corrected chi connectivity index (χ0v) is 8.39. The summed E-state index contributed by atoms with van der Waals surface area (Å²) in [5, 5.41) is 9.02. The number of aryl methyl sites for hydroxylation is 1. The van der Waals surface area contributed by atoms with Crippen molar-refractivity contribution < 1.29 is 9.90 Å². The number of aromatic carboxylic acids is 1. The van der Waals surface area contributed by atoms with Crippen LogP contribution in [0.25, 0.3) is 0 Å². The maximum absolute atomic E-state index is 11.0. The molecule has 2 N–H and O–H groups in total. The minimum atomic E-state index is -0.817. The summed E-state index contributed by atoms with van der Waals surface area (Å²) in [5.74, 6) is -0.817. The van der Waals surface area contributed by atoms with Gasteiger partial charge in [0.15, 0.2) is 0 Å². The molecule has 0 aromatic carbocycles. The van der Waals surface area contributed by atoms with Gasteiger partial charge in [-0.05, 0) is 43.2 Å². The summed E-state index contributed by atoms with van der Waals surface area (Å²) in [6.45, 7) is 2.06. The molecular formula is C11H15NO2. The predicted octanol–water partition coefficient (Wildman–Crippen LogP) is 2.15. The zero-order chi connectivity index (χ0) is 10.1. The molecule has 2 rings (SSSR count). The highest BCUT2D eigenvalue weighted by Crippen LogP contribution is 2.27. The lowest BCUT2D eigenvalue weighted by Crippen LogP contribution is -2.06. The number of carboxylic acids is 1. The summed E-state index contributed by atoms with van der Waals surface area (Å²) in [7, 11) is 0. The molecule has 0 spiro atoms. The van der Waals surface area contributed by atoms with Crippen LogP contribution in [0.5, 0.6) is 0 Å². The molecule has 76 valence electrons. The molecule has 1 aromatic rings. The second-order valence-electron chi connectivity index (χ2n) is 3.80. The number of carbonyl (C=O) groups is 1. The summed E-state index contributed by atoms with van der Waals surface area (Å²) in [6.07, 6.45) is 5.18. The van der Waals surface area contributed by atoms with Crippen LogP contribution in [-0.2, 0) is 19.3 Å². The van der Waals surface area contributed by atoms with Crippen molar-refractivity contribution in [2.45, 2.75) is 39.0 Å². The molecule has 1 aromatic heterocycles. The van der Waals surface area contributed by atoms with Crippen LogP contribution in [0.4, 0.5) is 0 Å².